The third kappa shape index (κ3) is 3.43. The second-order valence-electron chi connectivity index (χ2n) is 4.68. The SMILES string of the molecule is COCc1c(OC)ccc(CN2CCNCC2)c1F. The summed E-state index contributed by atoms with van der Waals surface area (Å²) < 4.78 is 24.7. The van der Waals surface area contributed by atoms with Crippen LogP contribution < -0.4 is 10.1 Å². The van der Waals surface area contributed by atoms with Crippen molar-refractivity contribution in [3.63, 3.8) is 0 Å². The molecule has 4 nitrogen and oxygen atoms in total. The normalized spacial score (nSPS) is 16.6. The first kappa shape index (κ1) is 14.2. The highest BCUT2D eigenvalue weighted by atomic mass is 19.1. The van der Waals surface area contributed by atoms with Gasteiger partial charge in [0.1, 0.15) is 11.6 Å². The van der Waals surface area contributed by atoms with E-state index in [0.717, 1.165) is 26.2 Å². The molecule has 1 saturated heterocycles. The van der Waals surface area contributed by atoms with Gasteiger partial charge >= 0.3 is 0 Å². The Morgan fingerprint density at radius 3 is 2.63 bits per heavy atom. The number of piperazine rings is 1. The molecule has 19 heavy (non-hydrogen) atoms. The van der Waals surface area contributed by atoms with Crippen molar-refractivity contribution in [1.82, 2.24) is 10.2 Å². The molecule has 1 aromatic rings. The summed E-state index contributed by atoms with van der Waals surface area (Å²) in [6.07, 6.45) is 0. The number of nitrogens with one attached hydrogen (secondary N) is 1. The Labute approximate surface area is 113 Å². The number of hydrogen-bond donors (Lipinski definition) is 1. The van der Waals surface area contributed by atoms with E-state index in [-0.39, 0.29) is 12.4 Å². The molecule has 2 rings (SSSR count). The Hall–Kier alpha value is -1.17. The molecule has 5 heteroatoms. The first-order valence-corrected chi connectivity index (χ1v) is 6.52. The van der Waals surface area contributed by atoms with Crippen LogP contribution in [0, 0.1) is 5.82 Å². The summed E-state index contributed by atoms with van der Waals surface area (Å²) in [5.41, 5.74) is 1.20. The summed E-state index contributed by atoms with van der Waals surface area (Å²) in [6.45, 7) is 4.68. The maximum atomic E-state index is 14.5. The second-order valence-corrected chi connectivity index (χ2v) is 4.68. The molecule has 0 unspecified atom stereocenters. The minimum atomic E-state index is -0.209. The van der Waals surface area contributed by atoms with Gasteiger partial charge in [0.25, 0.3) is 0 Å². The summed E-state index contributed by atoms with van der Waals surface area (Å²) >= 11 is 0. The number of rotatable bonds is 5. The molecule has 0 radical (unpaired) electrons. The van der Waals surface area contributed by atoms with Crippen molar-refractivity contribution < 1.29 is 13.9 Å². The van der Waals surface area contributed by atoms with Gasteiger partial charge in [-0.2, -0.15) is 0 Å². The first-order valence-electron chi connectivity index (χ1n) is 6.52. The molecule has 0 saturated carbocycles. The van der Waals surface area contributed by atoms with Gasteiger partial charge in [0.15, 0.2) is 0 Å². The lowest BCUT2D eigenvalue weighted by Gasteiger charge is -2.27. The van der Waals surface area contributed by atoms with Gasteiger partial charge in [-0.25, -0.2) is 4.39 Å². The van der Waals surface area contributed by atoms with E-state index in [1.807, 2.05) is 6.07 Å². The zero-order chi connectivity index (χ0) is 13.7. The Kier molecular flexibility index (Phi) is 5.13. The molecule has 0 spiro atoms. The van der Waals surface area contributed by atoms with Crippen LogP contribution >= 0.6 is 0 Å². The minimum Gasteiger partial charge on any atom is -0.496 e. The van der Waals surface area contributed by atoms with Gasteiger partial charge < -0.3 is 14.8 Å². The number of methoxy groups -OCH3 is 2. The zero-order valence-electron chi connectivity index (χ0n) is 11.5. The average Bonchev–Trinajstić information content (AvgIpc) is 2.45. The van der Waals surface area contributed by atoms with E-state index in [4.69, 9.17) is 9.47 Å². The molecular weight excluding hydrogens is 247 g/mol. The average molecular weight is 268 g/mol. The third-order valence-corrected chi connectivity index (χ3v) is 3.39. The molecule has 0 aliphatic carbocycles. The van der Waals surface area contributed by atoms with Crippen molar-refractivity contribution in [1.29, 1.82) is 0 Å². The van der Waals surface area contributed by atoms with Crippen molar-refractivity contribution in [3.8, 4) is 5.75 Å². The smallest absolute Gasteiger partial charge is 0.136 e. The summed E-state index contributed by atoms with van der Waals surface area (Å²) in [5, 5.41) is 3.29. The van der Waals surface area contributed by atoms with E-state index in [9.17, 15) is 4.39 Å². The Bertz CT molecular complexity index is 420. The maximum Gasteiger partial charge on any atom is 0.136 e. The zero-order valence-corrected chi connectivity index (χ0v) is 11.5. The fraction of sp³-hybridized carbons (Fsp3) is 0.571. The molecule has 1 aliphatic heterocycles. The van der Waals surface area contributed by atoms with E-state index in [0.29, 0.717) is 23.4 Å². The van der Waals surface area contributed by atoms with Gasteiger partial charge in [0, 0.05) is 45.4 Å². The summed E-state index contributed by atoms with van der Waals surface area (Å²) in [7, 11) is 3.10. The third-order valence-electron chi connectivity index (χ3n) is 3.39. The number of benzene rings is 1. The standard InChI is InChI=1S/C14H21FN2O2/c1-18-10-12-13(19-2)4-3-11(14(12)15)9-17-7-5-16-6-8-17/h3-4,16H,5-10H2,1-2H3. The molecule has 1 aliphatic rings. The van der Waals surface area contributed by atoms with E-state index in [2.05, 4.69) is 10.2 Å². The first-order chi connectivity index (χ1) is 9.26. The van der Waals surface area contributed by atoms with Crippen molar-refractivity contribution in [2.45, 2.75) is 13.2 Å². The number of ether oxygens (including phenoxy) is 2. The minimum absolute atomic E-state index is 0.209. The second kappa shape index (κ2) is 6.84. The Morgan fingerprint density at radius 1 is 1.26 bits per heavy atom. The highest BCUT2D eigenvalue weighted by molar-refractivity contribution is 5.38. The largest absolute Gasteiger partial charge is 0.496 e. The van der Waals surface area contributed by atoms with Crippen LogP contribution in [0.1, 0.15) is 11.1 Å². The number of hydrogen-bond acceptors (Lipinski definition) is 4. The van der Waals surface area contributed by atoms with E-state index < -0.39 is 0 Å². The lowest BCUT2D eigenvalue weighted by atomic mass is 10.1. The van der Waals surface area contributed by atoms with Gasteiger partial charge in [-0.1, -0.05) is 6.07 Å². The summed E-state index contributed by atoms with van der Waals surface area (Å²) in [5.74, 6) is 0.336. The van der Waals surface area contributed by atoms with Gasteiger partial charge in [0.05, 0.1) is 19.3 Å². The highest BCUT2D eigenvalue weighted by Gasteiger charge is 2.17. The molecule has 1 aromatic carbocycles. The van der Waals surface area contributed by atoms with Crippen LogP contribution in [0.4, 0.5) is 4.39 Å². The molecule has 106 valence electrons. The fourth-order valence-corrected chi connectivity index (χ4v) is 2.35. The molecule has 1 N–H and O–H groups in total. The number of halogens is 1. The van der Waals surface area contributed by atoms with Gasteiger partial charge in [0.2, 0.25) is 0 Å². The lowest BCUT2D eigenvalue weighted by Crippen LogP contribution is -2.43. The molecule has 0 bridgehead atoms. The molecule has 1 fully saturated rings. The molecule has 1 heterocycles. The van der Waals surface area contributed by atoms with Gasteiger partial charge in [-0.05, 0) is 6.07 Å². The van der Waals surface area contributed by atoms with Crippen molar-refractivity contribution in [3.05, 3.63) is 29.1 Å². The monoisotopic (exact) mass is 268 g/mol. The van der Waals surface area contributed by atoms with Crippen LogP contribution in [0.2, 0.25) is 0 Å². The fourth-order valence-electron chi connectivity index (χ4n) is 2.35. The summed E-state index contributed by atoms with van der Waals surface area (Å²) in [6, 6.07) is 3.62. The molecule has 0 amide bonds. The van der Waals surface area contributed by atoms with Crippen LogP contribution in [-0.4, -0.2) is 45.3 Å². The highest BCUT2D eigenvalue weighted by Crippen LogP contribution is 2.26. The lowest BCUT2D eigenvalue weighted by molar-refractivity contribution is 0.176. The van der Waals surface area contributed by atoms with Crippen molar-refractivity contribution in [2.75, 3.05) is 40.4 Å². The van der Waals surface area contributed by atoms with Crippen LogP contribution in [0.15, 0.2) is 12.1 Å². The predicted molar refractivity (Wildman–Crippen MR) is 71.8 cm³/mol. The summed E-state index contributed by atoms with van der Waals surface area (Å²) in [4.78, 5) is 2.25. The maximum absolute atomic E-state index is 14.5. The van der Waals surface area contributed by atoms with Crippen molar-refractivity contribution >= 4 is 0 Å². The molecule has 0 aromatic heterocycles. The van der Waals surface area contributed by atoms with Crippen LogP contribution in [-0.2, 0) is 17.9 Å². The quantitative estimate of drug-likeness (QED) is 0.875. The van der Waals surface area contributed by atoms with E-state index >= 15 is 0 Å². The number of nitrogens with zero attached hydrogens (tertiary/aromatic N) is 1. The Morgan fingerprint density at radius 2 is 2.00 bits per heavy atom. The van der Waals surface area contributed by atoms with Crippen LogP contribution in [0.3, 0.4) is 0 Å². The van der Waals surface area contributed by atoms with E-state index in [1.165, 1.54) is 0 Å². The van der Waals surface area contributed by atoms with Gasteiger partial charge in [-0.15, -0.1) is 0 Å². The van der Waals surface area contributed by atoms with Gasteiger partial charge in [-0.3, -0.25) is 4.90 Å². The van der Waals surface area contributed by atoms with E-state index in [1.54, 1.807) is 20.3 Å². The molecular formula is C14H21FN2O2. The van der Waals surface area contributed by atoms with Crippen LogP contribution in [0.5, 0.6) is 5.75 Å². The predicted octanol–water partition coefficient (Wildman–Crippen LogP) is 1.39. The topological polar surface area (TPSA) is 33.7 Å². The molecule has 0 atom stereocenters. The van der Waals surface area contributed by atoms with Crippen molar-refractivity contribution in [2.24, 2.45) is 0 Å². The Balaban J connectivity index is 2.17. The van der Waals surface area contributed by atoms with Crippen LogP contribution in [0.25, 0.3) is 0 Å².